The number of halogens is 3. The molecule has 33 heavy (non-hydrogen) atoms. The summed E-state index contributed by atoms with van der Waals surface area (Å²) in [5, 5.41) is 2.78. The largest absolute Gasteiger partial charge is 0.472 e. The molecule has 0 fully saturated rings. The van der Waals surface area contributed by atoms with E-state index in [9.17, 15) is 18.4 Å². The molecule has 0 unspecified atom stereocenters. The number of benzene rings is 2. The summed E-state index contributed by atoms with van der Waals surface area (Å²) in [7, 11) is 0. The van der Waals surface area contributed by atoms with E-state index in [4.69, 9.17) is 10.5 Å². The van der Waals surface area contributed by atoms with Crippen LogP contribution in [-0.2, 0) is 13.2 Å². The molecule has 0 radical (unpaired) electrons. The fourth-order valence-electron chi connectivity index (χ4n) is 3.03. The Hall–Kier alpha value is -3.11. The predicted molar refractivity (Wildman–Crippen MR) is 123 cm³/mol. The molecule has 0 atom stereocenters. The van der Waals surface area contributed by atoms with E-state index in [-0.39, 0.29) is 40.5 Å². The molecule has 7 nitrogen and oxygen atoms in total. The summed E-state index contributed by atoms with van der Waals surface area (Å²) in [5.74, 6) is -1.21. The lowest BCUT2D eigenvalue weighted by Gasteiger charge is -2.14. The predicted octanol–water partition coefficient (Wildman–Crippen LogP) is 3.30. The number of rotatable bonds is 9. The number of carbonyl (C=O) groups excluding carboxylic acids is 1. The molecule has 1 amide bonds. The van der Waals surface area contributed by atoms with E-state index >= 15 is 0 Å². The van der Waals surface area contributed by atoms with Gasteiger partial charge >= 0.3 is 0 Å². The number of nitrogens with two attached hydrogens (primary N) is 1. The number of nitrogens with zero attached hydrogens (tertiary/aromatic N) is 2. The second-order valence-corrected chi connectivity index (χ2v) is 8.08. The van der Waals surface area contributed by atoms with Gasteiger partial charge in [-0.15, -0.1) is 0 Å². The van der Waals surface area contributed by atoms with Crippen molar-refractivity contribution in [1.82, 2.24) is 14.9 Å². The summed E-state index contributed by atoms with van der Waals surface area (Å²) in [6.45, 7) is 2.68. The first-order valence-electron chi connectivity index (χ1n) is 10.2. The van der Waals surface area contributed by atoms with Gasteiger partial charge in [0.05, 0.1) is 6.54 Å². The van der Waals surface area contributed by atoms with Crippen molar-refractivity contribution in [3.63, 3.8) is 0 Å². The van der Waals surface area contributed by atoms with Crippen LogP contribution < -0.4 is 21.3 Å². The zero-order chi connectivity index (χ0) is 24.0. The van der Waals surface area contributed by atoms with Crippen LogP contribution in [0.4, 0.5) is 8.78 Å². The number of ether oxygens (including phenoxy) is 1. The van der Waals surface area contributed by atoms with Crippen molar-refractivity contribution in [2.24, 2.45) is 5.73 Å². The van der Waals surface area contributed by atoms with Gasteiger partial charge < -0.3 is 15.8 Å². The van der Waals surface area contributed by atoms with Crippen molar-refractivity contribution < 1.29 is 18.3 Å². The van der Waals surface area contributed by atoms with Gasteiger partial charge in [-0.05, 0) is 65.6 Å². The van der Waals surface area contributed by atoms with Gasteiger partial charge in [-0.1, -0.05) is 12.1 Å². The monoisotopic (exact) mass is 520 g/mol. The third-order valence-electron chi connectivity index (χ3n) is 4.88. The van der Waals surface area contributed by atoms with Gasteiger partial charge in [-0.3, -0.25) is 14.2 Å². The van der Waals surface area contributed by atoms with E-state index in [2.05, 4.69) is 26.2 Å². The maximum Gasteiger partial charge on any atom is 0.272 e. The Balaban J connectivity index is 1.72. The van der Waals surface area contributed by atoms with Crippen molar-refractivity contribution in [2.45, 2.75) is 26.5 Å². The second-order valence-electron chi connectivity index (χ2n) is 7.29. The third-order valence-corrected chi connectivity index (χ3v) is 5.56. The van der Waals surface area contributed by atoms with Crippen LogP contribution >= 0.6 is 15.9 Å². The number of nitrogens with one attached hydrogen (secondary N) is 1. The van der Waals surface area contributed by atoms with Crippen LogP contribution in [0.25, 0.3) is 0 Å². The fraction of sp³-hybridized carbons (Fsp3) is 0.261. The van der Waals surface area contributed by atoms with Crippen LogP contribution in [0.15, 0.2) is 51.7 Å². The van der Waals surface area contributed by atoms with E-state index in [0.717, 1.165) is 17.7 Å². The van der Waals surface area contributed by atoms with Crippen LogP contribution in [0.3, 0.4) is 0 Å². The van der Waals surface area contributed by atoms with Gasteiger partial charge in [-0.2, -0.15) is 4.98 Å². The highest BCUT2D eigenvalue weighted by Crippen LogP contribution is 2.21. The molecule has 3 aromatic rings. The summed E-state index contributed by atoms with van der Waals surface area (Å²) in [4.78, 5) is 29.3. The third kappa shape index (κ3) is 6.23. The summed E-state index contributed by atoms with van der Waals surface area (Å²) >= 11 is 3.21. The number of carbonyl (C=O) groups is 1. The maximum absolute atomic E-state index is 13.8. The molecule has 0 bridgehead atoms. The van der Waals surface area contributed by atoms with Gasteiger partial charge in [-0.25, -0.2) is 8.78 Å². The van der Waals surface area contributed by atoms with Gasteiger partial charge in [0.1, 0.15) is 28.5 Å². The zero-order valence-electron chi connectivity index (χ0n) is 17.9. The number of hydrogen-bond donors (Lipinski definition) is 2. The molecular formula is C23H23BrF2N4O3. The van der Waals surface area contributed by atoms with Crippen molar-refractivity contribution >= 4 is 21.8 Å². The van der Waals surface area contributed by atoms with Crippen LogP contribution in [0, 0.1) is 18.6 Å². The highest BCUT2D eigenvalue weighted by atomic mass is 79.9. The quantitative estimate of drug-likeness (QED) is 0.421. The number of aromatic nitrogens is 2. The molecule has 10 heteroatoms. The van der Waals surface area contributed by atoms with Crippen LogP contribution in [0.2, 0.25) is 0 Å². The van der Waals surface area contributed by atoms with Crippen LogP contribution in [0.5, 0.6) is 5.88 Å². The minimum atomic E-state index is -0.743. The SMILES string of the molecule is Cc1nc(OCc2ccc(F)cc2F)c(Br)c(=O)n1Cc1ccc(C(=O)NCCCN)cc1. The Bertz CT molecular complexity index is 1200. The standard InChI is InChI=1S/C23H23BrF2N4O3/c1-14-29-22(33-13-17-7-8-18(25)11-19(17)26)20(24)23(32)30(14)12-15-3-5-16(6-4-15)21(31)28-10-2-9-27/h3-8,11H,2,9-10,12-13,27H2,1H3,(H,28,31). The minimum Gasteiger partial charge on any atom is -0.472 e. The van der Waals surface area contributed by atoms with Gasteiger partial charge in [0.15, 0.2) is 0 Å². The molecule has 0 saturated carbocycles. The number of amides is 1. The first-order chi connectivity index (χ1) is 15.8. The normalized spacial score (nSPS) is 10.8. The van der Waals surface area contributed by atoms with E-state index in [1.54, 1.807) is 31.2 Å². The van der Waals surface area contributed by atoms with Gasteiger partial charge in [0.2, 0.25) is 5.88 Å². The van der Waals surface area contributed by atoms with E-state index in [1.807, 2.05) is 0 Å². The highest BCUT2D eigenvalue weighted by molar-refractivity contribution is 9.10. The lowest BCUT2D eigenvalue weighted by Crippen LogP contribution is -2.26. The first kappa shape index (κ1) is 24.5. The summed E-state index contributed by atoms with van der Waals surface area (Å²) in [6, 6.07) is 10.1. The van der Waals surface area contributed by atoms with Crippen molar-refractivity contribution in [3.05, 3.63) is 91.4 Å². The molecule has 3 N–H and O–H groups in total. The van der Waals surface area contributed by atoms with E-state index < -0.39 is 11.6 Å². The molecule has 0 aliphatic rings. The molecule has 1 aromatic heterocycles. The van der Waals surface area contributed by atoms with Crippen LogP contribution in [-0.4, -0.2) is 28.5 Å². The van der Waals surface area contributed by atoms with Crippen LogP contribution in [0.1, 0.15) is 33.7 Å². The maximum atomic E-state index is 13.8. The fourth-order valence-corrected chi connectivity index (χ4v) is 3.45. The average molecular weight is 521 g/mol. The molecule has 174 valence electrons. The first-order valence-corrected chi connectivity index (χ1v) is 11.0. The second kappa shape index (κ2) is 11.2. The molecule has 2 aromatic carbocycles. The molecule has 1 heterocycles. The van der Waals surface area contributed by atoms with Gasteiger partial charge in [0, 0.05) is 23.7 Å². The molecule has 0 aliphatic carbocycles. The Morgan fingerprint density at radius 2 is 1.94 bits per heavy atom. The van der Waals surface area contributed by atoms with Crippen molar-refractivity contribution in [3.8, 4) is 5.88 Å². The summed E-state index contributed by atoms with van der Waals surface area (Å²) in [6.07, 6.45) is 0.701. The average Bonchev–Trinajstić information content (AvgIpc) is 2.79. The molecule has 0 aliphatic heterocycles. The Labute approximate surface area is 197 Å². The molecule has 3 rings (SSSR count). The summed E-state index contributed by atoms with van der Waals surface area (Å²) < 4.78 is 33.9. The number of hydrogen-bond acceptors (Lipinski definition) is 5. The highest BCUT2D eigenvalue weighted by Gasteiger charge is 2.15. The number of aryl methyl sites for hydroxylation is 1. The van der Waals surface area contributed by atoms with Crippen molar-refractivity contribution in [2.75, 3.05) is 13.1 Å². The summed E-state index contributed by atoms with van der Waals surface area (Å²) in [5.41, 5.74) is 6.50. The Morgan fingerprint density at radius 3 is 2.61 bits per heavy atom. The zero-order valence-corrected chi connectivity index (χ0v) is 19.5. The lowest BCUT2D eigenvalue weighted by atomic mass is 10.1. The van der Waals surface area contributed by atoms with Crippen molar-refractivity contribution in [1.29, 1.82) is 0 Å². The minimum absolute atomic E-state index is 0.0157. The van der Waals surface area contributed by atoms with E-state index in [1.165, 1.54) is 10.6 Å². The lowest BCUT2D eigenvalue weighted by molar-refractivity contribution is 0.0953. The Kier molecular flexibility index (Phi) is 8.29. The van der Waals surface area contributed by atoms with Gasteiger partial charge in [0.25, 0.3) is 11.5 Å². The smallest absolute Gasteiger partial charge is 0.272 e. The topological polar surface area (TPSA) is 99.2 Å². The molecular weight excluding hydrogens is 498 g/mol. The Morgan fingerprint density at radius 1 is 1.21 bits per heavy atom. The molecule has 0 saturated heterocycles. The molecule has 0 spiro atoms. The van der Waals surface area contributed by atoms with E-state index in [0.29, 0.717) is 30.9 Å².